The zero-order valence-electron chi connectivity index (χ0n) is 27.3. The Balaban J connectivity index is 1.50. The number of pyridine rings is 1. The van der Waals surface area contributed by atoms with Gasteiger partial charge >= 0.3 is 5.97 Å². The number of carboxylic acids is 1. The van der Waals surface area contributed by atoms with Crippen LogP contribution in [0, 0.1) is 19.7 Å². The lowest BCUT2D eigenvalue weighted by Crippen LogP contribution is -2.30. The molecule has 1 atom stereocenters. The number of ether oxygens (including phenoxy) is 2. The summed E-state index contributed by atoms with van der Waals surface area (Å²) in [7, 11) is 0. The Kier molecular flexibility index (Phi) is 8.65. The molecule has 0 unspecified atom stereocenters. The summed E-state index contributed by atoms with van der Waals surface area (Å²) in [5.74, 6) is -4.41. The Bertz CT molecular complexity index is 1850. The van der Waals surface area contributed by atoms with E-state index in [1.54, 1.807) is 45.9 Å². The van der Waals surface area contributed by atoms with Gasteiger partial charge < -0.3 is 14.6 Å². The lowest BCUT2D eigenvalue weighted by molar-refractivity contribution is -0.160. The Morgan fingerprint density at radius 2 is 1.74 bits per heavy atom. The average Bonchev–Trinajstić information content (AvgIpc) is 3.00. The average molecular weight is 645 g/mol. The van der Waals surface area contributed by atoms with Crippen LogP contribution in [0.4, 0.5) is 13.2 Å². The second-order valence-corrected chi connectivity index (χ2v) is 13.4. The van der Waals surface area contributed by atoms with Gasteiger partial charge in [0.25, 0.3) is 5.92 Å². The number of benzene rings is 3. The van der Waals surface area contributed by atoms with Crippen LogP contribution in [-0.2, 0) is 35.0 Å². The third-order valence-electron chi connectivity index (χ3n) is 8.84. The number of alkyl halides is 2. The van der Waals surface area contributed by atoms with Crippen LogP contribution in [0.2, 0.25) is 0 Å². The van der Waals surface area contributed by atoms with Gasteiger partial charge in [0.05, 0.1) is 24.2 Å². The number of hydrogen-bond acceptors (Lipinski definition) is 5. The molecular formula is C38H39F3N2O4. The van der Waals surface area contributed by atoms with E-state index in [1.807, 2.05) is 25.1 Å². The quantitative estimate of drug-likeness (QED) is 0.217. The first-order chi connectivity index (χ1) is 22.2. The van der Waals surface area contributed by atoms with Crippen molar-refractivity contribution < 1.29 is 32.5 Å². The molecule has 3 heterocycles. The molecule has 246 valence electrons. The van der Waals surface area contributed by atoms with Crippen molar-refractivity contribution in [3.63, 3.8) is 0 Å². The van der Waals surface area contributed by atoms with E-state index < -0.39 is 30.0 Å². The monoisotopic (exact) mass is 644 g/mol. The van der Waals surface area contributed by atoms with Gasteiger partial charge in [-0.1, -0.05) is 42.5 Å². The van der Waals surface area contributed by atoms with E-state index >= 15 is 8.78 Å². The van der Waals surface area contributed by atoms with Crippen LogP contribution in [0.5, 0.6) is 5.75 Å². The van der Waals surface area contributed by atoms with Crippen LogP contribution < -0.4 is 4.74 Å². The molecular weight excluding hydrogens is 605 g/mol. The molecule has 2 aliphatic heterocycles. The van der Waals surface area contributed by atoms with Crippen LogP contribution in [0.1, 0.15) is 72.5 Å². The summed E-state index contributed by atoms with van der Waals surface area (Å²) in [6, 6.07) is 17.5. The molecule has 0 aliphatic carbocycles. The summed E-state index contributed by atoms with van der Waals surface area (Å²) in [5.41, 5.74) is 5.62. The van der Waals surface area contributed by atoms with Crippen molar-refractivity contribution in [3.05, 3.63) is 106 Å². The van der Waals surface area contributed by atoms with Crippen molar-refractivity contribution in [3.8, 4) is 28.0 Å². The number of aromatic nitrogens is 1. The van der Waals surface area contributed by atoms with Crippen molar-refractivity contribution >= 4 is 5.97 Å². The fourth-order valence-corrected chi connectivity index (χ4v) is 6.71. The number of rotatable bonds is 7. The van der Waals surface area contributed by atoms with Crippen molar-refractivity contribution in [1.82, 2.24) is 9.88 Å². The van der Waals surface area contributed by atoms with Gasteiger partial charge in [-0.15, -0.1) is 0 Å². The topological polar surface area (TPSA) is 71.9 Å². The zero-order valence-corrected chi connectivity index (χ0v) is 27.3. The van der Waals surface area contributed by atoms with Crippen LogP contribution in [0.25, 0.3) is 22.3 Å². The molecule has 1 N–H and O–H groups in total. The minimum Gasteiger partial charge on any atom is -0.493 e. The van der Waals surface area contributed by atoms with Gasteiger partial charge in [-0.05, 0) is 87.1 Å². The minimum absolute atomic E-state index is 0.0866. The number of hydrogen-bond donors (Lipinski definition) is 1. The molecule has 6 rings (SSSR count). The van der Waals surface area contributed by atoms with Crippen LogP contribution in [-0.4, -0.2) is 39.7 Å². The molecule has 0 bridgehead atoms. The minimum atomic E-state index is -3.10. The first-order valence-electron chi connectivity index (χ1n) is 15.9. The third kappa shape index (κ3) is 6.64. The van der Waals surface area contributed by atoms with Gasteiger partial charge in [-0.3, -0.25) is 9.88 Å². The molecule has 47 heavy (non-hydrogen) atoms. The molecule has 9 heteroatoms. The highest BCUT2D eigenvalue weighted by atomic mass is 19.3. The fourth-order valence-electron chi connectivity index (χ4n) is 6.71. The molecule has 0 saturated heterocycles. The molecule has 0 fully saturated rings. The largest absolute Gasteiger partial charge is 0.493 e. The van der Waals surface area contributed by atoms with Crippen molar-refractivity contribution in [2.75, 3.05) is 13.2 Å². The predicted molar refractivity (Wildman–Crippen MR) is 174 cm³/mol. The van der Waals surface area contributed by atoms with Crippen molar-refractivity contribution in [1.29, 1.82) is 0 Å². The van der Waals surface area contributed by atoms with Gasteiger partial charge in [0.1, 0.15) is 11.6 Å². The maximum atomic E-state index is 15.2. The number of nitrogens with zero attached hydrogens (tertiary/aromatic N) is 2. The van der Waals surface area contributed by atoms with Crippen LogP contribution in [0.3, 0.4) is 0 Å². The van der Waals surface area contributed by atoms with E-state index in [4.69, 9.17) is 14.5 Å². The predicted octanol–water partition coefficient (Wildman–Crippen LogP) is 8.54. The Labute approximate surface area is 273 Å². The molecule has 1 aromatic heterocycles. The number of fused-ring (bicyclic) bond motifs is 2. The molecule has 3 aromatic carbocycles. The summed E-state index contributed by atoms with van der Waals surface area (Å²) in [6.45, 7) is 10.7. The second-order valence-electron chi connectivity index (χ2n) is 13.4. The molecule has 4 aromatic rings. The summed E-state index contributed by atoms with van der Waals surface area (Å²) in [4.78, 5) is 19.8. The third-order valence-corrected chi connectivity index (χ3v) is 8.84. The smallest absolute Gasteiger partial charge is 0.337 e. The number of carboxylic acid groups (broad SMARTS) is 1. The number of carbonyl (C=O) groups is 1. The SMILES string of the molecule is Cc1nc(C)c([C@H](OC(C)(C)C)C(=O)O)c(-c2ccc3c(c2)C(F)(F)CCO3)c1-c1ccc2c(c1)CCN(Cc1ccccc1F)C2. The Morgan fingerprint density at radius 3 is 2.47 bits per heavy atom. The Hall–Kier alpha value is -4.21. The zero-order chi connectivity index (χ0) is 33.7. The molecule has 0 spiro atoms. The maximum absolute atomic E-state index is 15.2. The summed E-state index contributed by atoms with van der Waals surface area (Å²) in [5, 5.41) is 10.5. The van der Waals surface area contributed by atoms with Crippen molar-refractivity contribution in [2.24, 2.45) is 0 Å². The van der Waals surface area contributed by atoms with E-state index in [0.717, 1.165) is 29.7 Å². The van der Waals surface area contributed by atoms with Crippen molar-refractivity contribution in [2.45, 2.75) is 78.2 Å². The first-order valence-corrected chi connectivity index (χ1v) is 15.9. The van der Waals surface area contributed by atoms with Gasteiger partial charge in [0.15, 0.2) is 6.10 Å². The number of halogens is 3. The summed E-state index contributed by atoms with van der Waals surface area (Å²) >= 11 is 0. The van der Waals surface area contributed by atoms with E-state index in [2.05, 4.69) is 11.0 Å². The summed E-state index contributed by atoms with van der Waals surface area (Å²) in [6.07, 6.45) is -1.12. The molecule has 0 saturated carbocycles. The maximum Gasteiger partial charge on any atom is 0.337 e. The van der Waals surface area contributed by atoms with E-state index in [1.165, 1.54) is 18.2 Å². The molecule has 6 nitrogen and oxygen atoms in total. The van der Waals surface area contributed by atoms with Gasteiger partial charge in [-0.25, -0.2) is 18.0 Å². The molecule has 0 radical (unpaired) electrons. The fraction of sp³-hybridized carbons (Fsp3) is 0.368. The van der Waals surface area contributed by atoms with Crippen LogP contribution >= 0.6 is 0 Å². The standard InChI is InChI=1S/C38H39F3N2O4/c1-22-32(25-10-11-27-20-43(16-14-24(27)18-25)21-28-8-6-7-9-30(28)39)34(26-12-13-31-29(19-26)38(40,41)15-17-46-31)33(23(2)42-22)35(36(44)45)47-37(3,4)5/h6-13,18-19,35H,14-17,20-21H2,1-5H3,(H,44,45)/t35-/m0/s1. The highest BCUT2D eigenvalue weighted by Gasteiger charge is 2.39. The van der Waals surface area contributed by atoms with E-state index in [-0.39, 0.29) is 23.7 Å². The highest BCUT2D eigenvalue weighted by Crippen LogP contribution is 2.47. The lowest BCUT2D eigenvalue weighted by atomic mass is 9.84. The lowest BCUT2D eigenvalue weighted by Gasteiger charge is -2.31. The van der Waals surface area contributed by atoms with Gasteiger partial charge in [-0.2, -0.15) is 0 Å². The molecule has 0 amide bonds. The van der Waals surface area contributed by atoms with E-state index in [9.17, 15) is 14.3 Å². The van der Waals surface area contributed by atoms with E-state index in [0.29, 0.717) is 52.3 Å². The number of aryl methyl sites for hydroxylation is 2. The molecule has 2 aliphatic rings. The normalized spacial score (nSPS) is 16.6. The second kappa shape index (κ2) is 12.4. The van der Waals surface area contributed by atoms with Crippen LogP contribution in [0.15, 0.2) is 60.7 Å². The Morgan fingerprint density at radius 1 is 1.02 bits per heavy atom. The highest BCUT2D eigenvalue weighted by molar-refractivity contribution is 5.91. The van der Waals surface area contributed by atoms with Gasteiger partial charge in [0, 0.05) is 47.7 Å². The number of aliphatic carboxylic acids is 1. The first kappa shape index (κ1) is 32.7. The summed E-state index contributed by atoms with van der Waals surface area (Å²) < 4.78 is 56.5. The van der Waals surface area contributed by atoms with Gasteiger partial charge in [0.2, 0.25) is 0 Å².